The molecule has 0 saturated heterocycles. The van der Waals surface area contributed by atoms with Crippen molar-refractivity contribution in [3.05, 3.63) is 24.8 Å². The summed E-state index contributed by atoms with van der Waals surface area (Å²) in [7, 11) is -4.64. The normalized spacial score (nSPS) is 8.00. The molecule has 7 N–H and O–H groups in total. The lowest BCUT2D eigenvalue weighted by Crippen LogP contribution is -1.82. The zero-order valence-electron chi connectivity index (χ0n) is 8.76. The van der Waals surface area contributed by atoms with E-state index in [0.29, 0.717) is 0 Å². The van der Waals surface area contributed by atoms with Gasteiger partial charge in [0, 0.05) is 0 Å². The van der Waals surface area contributed by atoms with Crippen molar-refractivity contribution >= 4 is 20.6 Å². The van der Waals surface area contributed by atoms with Gasteiger partial charge in [-0.25, -0.2) is 4.57 Å². The summed E-state index contributed by atoms with van der Waals surface area (Å²) >= 11 is 0. The van der Waals surface area contributed by atoms with Crippen molar-refractivity contribution in [2.75, 3.05) is 0 Å². The molecule has 0 aromatic carbocycles. The van der Waals surface area contributed by atoms with Crippen LogP contribution in [0.4, 0.5) is 0 Å². The summed E-state index contributed by atoms with van der Waals surface area (Å²) in [6.45, 7) is 5.42. The first-order chi connectivity index (χ1) is 7.24. The zero-order valence-corrected chi connectivity index (χ0v) is 9.66. The van der Waals surface area contributed by atoms with Crippen LogP contribution in [0, 0.1) is 0 Å². The highest BCUT2D eigenvalue weighted by Crippen LogP contribution is 2.25. The number of hydrogen-bond donors (Lipinski definition) is 5. The van der Waals surface area contributed by atoms with E-state index < -0.39 is 7.82 Å². The second-order valence-electron chi connectivity index (χ2n) is 1.55. The molecule has 0 radical (unpaired) electrons. The summed E-state index contributed by atoms with van der Waals surface area (Å²) in [6, 6.07) is 0. The summed E-state index contributed by atoms with van der Waals surface area (Å²) in [6.07, 6.45) is 6.08. The molecule has 0 heterocycles. The van der Waals surface area contributed by atoms with Crippen molar-refractivity contribution in [3.63, 3.8) is 0 Å². The van der Waals surface area contributed by atoms with E-state index in [9.17, 15) is 0 Å². The molecule has 9 heteroatoms. The van der Waals surface area contributed by atoms with Gasteiger partial charge in [0.25, 0.3) is 0 Å². The Kier molecular flexibility index (Phi) is 35.1. The number of primary amides is 2. The Morgan fingerprint density at radius 2 is 1.31 bits per heavy atom. The van der Waals surface area contributed by atoms with E-state index in [1.165, 1.54) is 0 Å². The van der Waals surface area contributed by atoms with E-state index in [-0.39, 0.29) is 12.8 Å². The number of allylic oxidation sites excluding steroid dienone is 3. The molecule has 0 rings (SSSR count). The Labute approximate surface area is 93.5 Å². The first-order valence-electron chi connectivity index (χ1n) is 3.57. The van der Waals surface area contributed by atoms with Gasteiger partial charge in [-0.2, -0.15) is 0 Å². The van der Waals surface area contributed by atoms with Crippen LogP contribution in [-0.4, -0.2) is 27.5 Å². The van der Waals surface area contributed by atoms with E-state index in [1.54, 1.807) is 6.08 Å². The van der Waals surface area contributed by atoms with Crippen LogP contribution < -0.4 is 11.5 Å². The Bertz CT molecular complexity index is 211. The maximum absolute atomic E-state index is 8.88. The zero-order chi connectivity index (χ0) is 14.0. The fraction of sp³-hybridized carbons (Fsp3) is 0.143. The third-order valence-electron chi connectivity index (χ3n) is 0.329. The van der Waals surface area contributed by atoms with Crippen LogP contribution in [0.1, 0.15) is 6.92 Å². The lowest BCUT2D eigenvalue weighted by atomic mass is 10.5. The summed E-state index contributed by atoms with van der Waals surface area (Å²) in [5.74, 6) is 0. The second-order valence-corrected chi connectivity index (χ2v) is 2.57. The van der Waals surface area contributed by atoms with Gasteiger partial charge in [-0.15, -0.1) is 0 Å². The maximum Gasteiger partial charge on any atom is 0.466 e. The Morgan fingerprint density at radius 3 is 1.31 bits per heavy atom. The van der Waals surface area contributed by atoms with Crippen molar-refractivity contribution in [1.29, 1.82) is 0 Å². The van der Waals surface area contributed by atoms with E-state index >= 15 is 0 Å². The lowest BCUT2D eigenvalue weighted by Gasteiger charge is -1.82. The number of carbonyl (C=O) groups excluding carboxylic acids is 2. The number of amides is 2. The van der Waals surface area contributed by atoms with Gasteiger partial charge in [0.15, 0.2) is 0 Å². The van der Waals surface area contributed by atoms with Crippen LogP contribution in [0.2, 0.25) is 0 Å². The molecule has 0 bridgehead atoms. The van der Waals surface area contributed by atoms with E-state index in [2.05, 4.69) is 18.0 Å². The third-order valence-corrected chi connectivity index (χ3v) is 0.329. The molecule has 0 aliphatic carbocycles. The molecular formula is C7H17N2O6P. The van der Waals surface area contributed by atoms with Crippen molar-refractivity contribution in [3.8, 4) is 0 Å². The molecule has 0 aromatic heterocycles. The average Bonchev–Trinajstić information content (AvgIpc) is 2.05. The highest BCUT2D eigenvalue weighted by atomic mass is 31.2. The monoisotopic (exact) mass is 256 g/mol. The second kappa shape index (κ2) is 23.4. The lowest BCUT2D eigenvalue weighted by molar-refractivity contribution is -0.107. The highest BCUT2D eigenvalue weighted by Gasteiger charge is 2.00. The van der Waals surface area contributed by atoms with Gasteiger partial charge >= 0.3 is 7.82 Å². The highest BCUT2D eigenvalue weighted by molar-refractivity contribution is 7.45. The molecule has 2 amide bonds. The molecule has 16 heavy (non-hydrogen) atoms. The van der Waals surface area contributed by atoms with Gasteiger partial charge in [-0.3, -0.25) is 9.59 Å². The van der Waals surface area contributed by atoms with E-state index in [4.69, 9.17) is 28.8 Å². The minimum Gasteiger partial charge on any atom is -0.372 e. The van der Waals surface area contributed by atoms with Crippen LogP contribution in [0.5, 0.6) is 0 Å². The van der Waals surface area contributed by atoms with E-state index in [1.807, 2.05) is 19.1 Å². The van der Waals surface area contributed by atoms with Crippen LogP contribution in [0.15, 0.2) is 24.8 Å². The smallest absolute Gasteiger partial charge is 0.372 e. The molecule has 0 spiro atoms. The van der Waals surface area contributed by atoms with Crippen molar-refractivity contribution in [1.82, 2.24) is 0 Å². The minimum atomic E-state index is -4.64. The van der Waals surface area contributed by atoms with Gasteiger partial charge in [-0.1, -0.05) is 24.8 Å². The van der Waals surface area contributed by atoms with E-state index in [0.717, 1.165) is 0 Å². The molecule has 8 nitrogen and oxygen atoms in total. The van der Waals surface area contributed by atoms with Crippen LogP contribution in [0.25, 0.3) is 0 Å². The van der Waals surface area contributed by atoms with Gasteiger partial charge in [0.05, 0.1) is 0 Å². The summed E-state index contributed by atoms with van der Waals surface area (Å²) in [5.41, 5.74) is 8.33. The Hall–Kier alpha value is -1.47. The number of hydrogen-bond acceptors (Lipinski definition) is 3. The molecule has 96 valence electrons. The number of carbonyl (C=O) groups is 2. The molecule has 0 saturated carbocycles. The fourth-order valence-electron chi connectivity index (χ4n) is 0.136. The quantitative estimate of drug-likeness (QED) is 0.230. The topological polar surface area (TPSA) is 164 Å². The van der Waals surface area contributed by atoms with Crippen LogP contribution in [0.3, 0.4) is 0 Å². The standard InChI is InChI=1S/C5H8.2CH3NO.H3O4P/c1-3-5-4-2;2*2-1-3;1-5(2,3)4/h3-5H,1H2,2H3;2*1H,(H2,2,3);(H3,1,2,3,4). The maximum atomic E-state index is 8.88. The SMILES string of the molecule is C=CC=CC.NC=O.NC=O.O=P(O)(O)O. The molecular weight excluding hydrogens is 239 g/mol. The van der Waals surface area contributed by atoms with Gasteiger partial charge in [0.2, 0.25) is 12.8 Å². The third kappa shape index (κ3) is 5930. The van der Waals surface area contributed by atoms with Gasteiger partial charge in [-0.05, 0) is 6.92 Å². The van der Waals surface area contributed by atoms with Crippen molar-refractivity contribution in [2.24, 2.45) is 11.5 Å². The molecule has 0 fully saturated rings. The van der Waals surface area contributed by atoms with Gasteiger partial charge in [0.1, 0.15) is 0 Å². The Morgan fingerprint density at radius 1 is 1.12 bits per heavy atom. The average molecular weight is 256 g/mol. The molecule has 0 aliphatic rings. The molecule has 0 atom stereocenters. The summed E-state index contributed by atoms with van der Waals surface area (Å²) in [5, 5.41) is 0. The summed E-state index contributed by atoms with van der Waals surface area (Å²) < 4.78 is 8.88. The van der Waals surface area contributed by atoms with Crippen LogP contribution >= 0.6 is 7.82 Å². The van der Waals surface area contributed by atoms with Crippen molar-refractivity contribution < 1.29 is 28.8 Å². The van der Waals surface area contributed by atoms with Crippen molar-refractivity contribution in [2.45, 2.75) is 6.92 Å². The predicted molar refractivity (Wildman–Crippen MR) is 59.8 cm³/mol. The van der Waals surface area contributed by atoms with Crippen LogP contribution in [-0.2, 0) is 14.2 Å². The summed E-state index contributed by atoms with van der Waals surface area (Å²) in [4.78, 5) is 38.7. The molecule has 0 unspecified atom stereocenters. The first-order valence-corrected chi connectivity index (χ1v) is 5.14. The number of phosphoric acid groups is 1. The van der Waals surface area contributed by atoms with Gasteiger partial charge < -0.3 is 26.1 Å². The minimum absolute atomic E-state index is 0.250. The Balaban J connectivity index is -0.0000000621. The molecule has 0 aliphatic heterocycles. The first kappa shape index (κ1) is 24.0. The fourth-order valence-corrected chi connectivity index (χ4v) is 0.136. The number of rotatable bonds is 1. The molecule has 0 aromatic rings. The largest absolute Gasteiger partial charge is 0.466 e. The predicted octanol–water partition coefficient (Wildman–Crippen LogP) is -0.977. The number of nitrogens with two attached hydrogens (primary N) is 2.